The minimum absolute atomic E-state index is 0.518. The summed E-state index contributed by atoms with van der Waals surface area (Å²) >= 11 is 0. The molecule has 0 spiro atoms. The van der Waals surface area contributed by atoms with Crippen molar-refractivity contribution >= 4 is 11.4 Å². The third kappa shape index (κ3) is 1.97. The van der Waals surface area contributed by atoms with Gasteiger partial charge in [-0.2, -0.15) is 0 Å². The fourth-order valence-electron chi connectivity index (χ4n) is 1.84. The van der Waals surface area contributed by atoms with Crippen molar-refractivity contribution in [3.8, 4) is 0 Å². The number of nitrogens with zero attached hydrogens (tertiary/aromatic N) is 1. The van der Waals surface area contributed by atoms with Crippen molar-refractivity contribution in [2.45, 2.75) is 19.0 Å². The molecule has 1 aliphatic heterocycles. The highest BCUT2D eigenvalue weighted by atomic mass is 19.1. The molecule has 2 nitrogen and oxygen atoms in total. The van der Waals surface area contributed by atoms with Gasteiger partial charge >= 0.3 is 0 Å². The normalized spacial score (nSPS) is 22.4. The number of rotatable bonds is 1. The first-order valence-corrected chi connectivity index (χ1v) is 5.00. The van der Waals surface area contributed by atoms with Gasteiger partial charge in [-0.3, -0.25) is 0 Å². The van der Waals surface area contributed by atoms with Gasteiger partial charge in [-0.1, -0.05) is 0 Å². The Morgan fingerprint density at radius 1 is 1.29 bits per heavy atom. The van der Waals surface area contributed by atoms with Crippen LogP contribution in [0.15, 0.2) is 24.3 Å². The molecule has 0 saturated carbocycles. The van der Waals surface area contributed by atoms with Crippen LogP contribution in [0.3, 0.4) is 0 Å². The maximum absolute atomic E-state index is 13.1. The standard InChI is InChI=1S/C11H15FN2/c12-9-2-1-7-14(8-9)11-5-3-10(13)4-6-11/h3-6,9H,1-2,7-8,13H2/t9-/m0/s1. The van der Waals surface area contributed by atoms with Crippen LogP contribution in [0.2, 0.25) is 0 Å². The molecule has 0 bridgehead atoms. The van der Waals surface area contributed by atoms with Crippen molar-refractivity contribution in [1.29, 1.82) is 0 Å². The molecule has 1 heterocycles. The Morgan fingerprint density at radius 2 is 2.00 bits per heavy atom. The van der Waals surface area contributed by atoms with Gasteiger partial charge in [0.15, 0.2) is 0 Å². The lowest BCUT2D eigenvalue weighted by Gasteiger charge is -2.30. The molecule has 1 aliphatic rings. The summed E-state index contributed by atoms with van der Waals surface area (Å²) in [6, 6.07) is 7.62. The predicted octanol–water partition coefficient (Wildman–Crippen LogP) is 2.21. The molecule has 0 aromatic heterocycles. The largest absolute Gasteiger partial charge is 0.399 e. The fraction of sp³-hybridized carbons (Fsp3) is 0.455. The van der Waals surface area contributed by atoms with Crippen molar-refractivity contribution in [1.82, 2.24) is 0 Å². The predicted molar refractivity (Wildman–Crippen MR) is 57.2 cm³/mol. The lowest BCUT2D eigenvalue weighted by molar-refractivity contribution is 0.287. The van der Waals surface area contributed by atoms with Crippen LogP contribution in [0.5, 0.6) is 0 Å². The van der Waals surface area contributed by atoms with Crippen LogP contribution >= 0.6 is 0 Å². The van der Waals surface area contributed by atoms with E-state index in [1.54, 1.807) is 0 Å². The monoisotopic (exact) mass is 194 g/mol. The molecule has 1 aromatic carbocycles. The van der Waals surface area contributed by atoms with Gasteiger partial charge in [-0.15, -0.1) is 0 Å². The molecule has 0 radical (unpaired) electrons. The zero-order valence-corrected chi connectivity index (χ0v) is 8.12. The van der Waals surface area contributed by atoms with Crippen molar-refractivity contribution in [3.05, 3.63) is 24.3 Å². The second-order valence-electron chi connectivity index (χ2n) is 3.78. The van der Waals surface area contributed by atoms with Crippen molar-refractivity contribution in [2.24, 2.45) is 0 Å². The van der Waals surface area contributed by atoms with Gasteiger partial charge in [0.05, 0.1) is 0 Å². The minimum Gasteiger partial charge on any atom is -0.399 e. The van der Waals surface area contributed by atoms with Gasteiger partial charge in [-0.05, 0) is 37.1 Å². The molecule has 1 saturated heterocycles. The maximum atomic E-state index is 13.1. The number of halogens is 1. The molecule has 76 valence electrons. The summed E-state index contributed by atoms with van der Waals surface area (Å²) in [5, 5.41) is 0. The van der Waals surface area contributed by atoms with E-state index >= 15 is 0 Å². The Balaban J connectivity index is 2.10. The van der Waals surface area contributed by atoms with Crippen LogP contribution in [-0.4, -0.2) is 19.3 Å². The molecule has 1 atom stereocenters. The Hall–Kier alpha value is -1.25. The minimum atomic E-state index is -0.679. The molecular formula is C11H15FN2. The van der Waals surface area contributed by atoms with Crippen LogP contribution in [0.1, 0.15) is 12.8 Å². The number of hydrogen-bond acceptors (Lipinski definition) is 2. The summed E-state index contributed by atoms with van der Waals surface area (Å²) in [7, 11) is 0. The summed E-state index contributed by atoms with van der Waals surface area (Å²) in [5.74, 6) is 0. The Morgan fingerprint density at radius 3 is 2.64 bits per heavy atom. The highest BCUT2D eigenvalue weighted by molar-refractivity contribution is 5.53. The Labute approximate surface area is 83.5 Å². The average molecular weight is 194 g/mol. The van der Waals surface area contributed by atoms with Crippen LogP contribution < -0.4 is 10.6 Å². The van der Waals surface area contributed by atoms with Crippen molar-refractivity contribution in [2.75, 3.05) is 23.7 Å². The van der Waals surface area contributed by atoms with E-state index in [2.05, 4.69) is 4.90 Å². The van der Waals surface area contributed by atoms with E-state index < -0.39 is 6.17 Å². The zero-order valence-electron chi connectivity index (χ0n) is 8.12. The molecule has 2 N–H and O–H groups in total. The quantitative estimate of drug-likeness (QED) is 0.694. The summed E-state index contributed by atoms with van der Waals surface area (Å²) in [5.41, 5.74) is 7.41. The summed E-state index contributed by atoms with van der Waals surface area (Å²) in [6.07, 6.45) is 0.957. The van der Waals surface area contributed by atoms with Gasteiger partial charge in [0, 0.05) is 24.5 Å². The average Bonchev–Trinajstić information content (AvgIpc) is 2.19. The van der Waals surface area contributed by atoms with Crippen LogP contribution in [0.25, 0.3) is 0 Å². The van der Waals surface area contributed by atoms with Crippen LogP contribution in [0.4, 0.5) is 15.8 Å². The highest BCUT2D eigenvalue weighted by Gasteiger charge is 2.18. The van der Waals surface area contributed by atoms with E-state index in [-0.39, 0.29) is 0 Å². The number of benzene rings is 1. The zero-order chi connectivity index (χ0) is 9.97. The molecule has 0 unspecified atom stereocenters. The van der Waals surface area contributed by atoms with E-state index in [4.69, 9.17) is 5.73 Å². The van der Waals surface area contributed by atoms with Gasteiger partial charge in [0.2, 0.25) is 0 Å². The van der Waals surface area contributed by atoms with E-state index in [0.29, 0.717) is 13.0 Å². The summed E-state index contributed by atoms with van der Waals surface area (Å²) in [6.45, 7) is 1.47. The van der Waals surface area contributed by atoms with Crippen molar-refractivity contribution < 1.29 is 4.39 Å². The molecule has 2 rings (SSSR count). The molecule has 3 heteroatoms. The first-order valence-electron chi connectivity index (χ1n) is 5.00. The molecule has 1 aromatic rings. The third-order valence-corrected chi connectivity index (χ3v) is 2.62. The Bertz CT molecular complexity index is 297. The number of nitrogen functional groups attached to an aromatic ring is 1. The van der Waals surface area contributed by atoms with Gasteiger partial charge in [-0.25, -0.2) is 4.39 Å². The number of hydrogen-bond donors (Lipinski definition) is 1. The highest BCUT2D eigenvalue weighted by Crippen LogP contribution is 2.22. The number of anilines is 2. The topological polar surface area (TPSA) is 29.3 Å². The van der Waals surface area contributed by atoms with E-state index in [0.717, 1.165) is 24.3 Å². The number of nitrogens with two attached hydrogens (primary N) is 1. The molecule has 0 aliphatic carbocycles. The Kier molecular flexibility index (Phi) is 2.57. The third-order valence-electron chi connectivity index (χ3n) is 2.62. The molecule has 0 amide bonds. The fourth-order valence-corrected chi connectivity index (χ4v) is 1.84. The maximum Gasteiger partial charge on any atom is 0.118 e. The van der Waals surface area contributed by atoms with Crippen LogP contribution in [-0.2, 0) is 0 Å². The lowest BCUT2D eigenvalue weighted by Crippen LogP contribution is -2.36. The number of piperidine rings is 1. The van der Waals surface area contributed by atoms with Crippen LogP contribution in [0, 0.1) is 0 Å². The first-order chi connectivity index (χ1) is 6.75. The van der Waals surface area contributed by atoms with E-state index in [1.807, 2.05) is 24.3 Å². The first kappa shape index (κ1) is 9.31. The summed E-state index contributed by atoms with van der Waals surface area (Å²) in [4.78, 5) is 2.08. The van der Waals surface area contributed by atoms with E-state index in [9.17, 15) is 4.39 Å². The smallest absolute Gasteiger partial charge is 0.118 e. The summed E-state index contributed by atoms with van der Waals surface area (Å²) < 4.78 is 13.1. The van der Waals surface area contributed by atoms with Gasteiger partial charge < -0.3 is 10.6 Å². The molecule has 1 fully saturated rings. The molecule has 14 heavy (non-hydrogen) atoms. The SMILES string of the molecule is Nc1ccc(N2CCC[C@H](F)C2)cc1. The van der Waals surface area contributed by atoms with Gasteiger partial charge in [0.1, 0.15) is 6.17 Å². The molecular weight excluding hydrogens is 179 g/mol. The second-order valence-corrected chi connectivity index (χ2v) is 3.78. The second kappa shape index (κ2) is 3.86. The number of alkyl halides is 1. The lowest BCUT2D eigenvalue weighted by atomic mass is 10.1. The van der Waals surface area contributed by atoms with E-state index in [1.165, 1.54) is 0 Å². The van der Waals surface area contributed by atoms with Gasteiger partial charge in [0.25, 0.3) is 0 Å². The van der Waals surface area contributed by atoms with Crippen molar-refractivity contribution in [3.63, 3.8) is 0 Å².